The molecule has 0 aliphatic heterocycles. The van der Waals surface area contributed by atoms with Crippen molar-refractivity contribution >= 4 is 34.4 Å². The minimum absolute atomic E-state index is 0.0233. The number of fused-ring (bicyclic) bond motifs is 1. The number of amides is 1. The molecule has 0 spiro atoms. The van der Waals surface area contributed by atoms with E-state index in [0.717, 1.165) is 6.08 Å². The lowest BCUT2D eigenvalue weighted by Crippen LogP contribution is -2.28. The van der Waals surface area contributed by atoms with Gasteiger partial charge in [-0.15, -0.1) is 0 Å². The van der Waals surface area contributed by atoms with Gasteiger partial charge in [0.2, 0.25) is 5.91 Å². The molecule has 3 rings (SSSR count). The number of nitrogens with one attached hydrogen (secondary N) is 1. The van der Waals surface area contributed by atoms with Crippen LogP contribution in [0, 0.1) is 13.8 Å². The fraction of sp³-hybridized carbons (Fsp3) is 0.269. The third-order valence-corrected chi connectivity index (χ3v) is 6.08. The van der Waals surface area contributed by atoms with E-state index in [9.17, 15) is 31.1 Å². The Balaban J connectivity index is 1.94. The summed E-state index contributed by atoms with van der Waals surface area (Å²) in [4.78, 5) is 11.6. The molecule has 0 heterocycles. The molecule has 1 amide bonds. The van der Waals surface area contributed by atoms with E-state index >= 15 is 0 Å². The molecule has 0 aliphatic rings. The number of rotatable bonds is 6. The summed E-state index contributed by atoms with van der Waals surface area (Å²) in [7, 11) is 0. The first kappa shape index (κ1) is 26.6. The summed E-state index contributed by atoms with van der Waals surface area (Å²) in [5.41, 5.74) is 2.42. The number of allylic oxidation sites excluding steroid dienone is 1. The Morgan fingerprint density at radius 2 is 1.66 bits per heavy atom. The molecule has 35 heavy (non-hydrogen) atoms. The summed E-state index contributed by atoms with van der Waals surface area (Å²) in [6.07, 6.45) is -8.33. The molecule has 0 saturated carbocycles. The quantitative estimate of drug-likeness (QED) is 0.332. The first-order valence-corrected chi connectivity index (χ1v) is 11.0. The van der Waals surface area contributed by atoms with E-state index in [-0.39, 0.29) is 17.1 Å². The lowest BCUT2D eigenvalue weighted by atomic mass is 9.93. The van der Waals surface area contributed by atoms with Gasteiger partial charge < -0.3 is 5.32 Å². The van der Waals surface area contributed by atoms with Crippen LogP contribution in [0.15, 0.2) is 54.6 Å². The van der Waals surface area contributed by atoms with E-state index in [0.29, 0.717) is 33.0 Å². The highest BCUT2D eigenvalue weighted by atomic mass is 35.5. The molecule has 0 saturated heterocycles. The molecule has 3 aromatic carbocycles. The molecule has 1 atom stereocenters. The lowest BCUT2D eigenvalue weighted by Gasteiger charge is -2.19. The maximum atomic E-state index is 13.9. The van der Waals surface area contributed by atoms with Gasteiger partial charge in [-0.05, 0) is 58.5 Å². The third-order valence-electron chi connectivity index (χ3n) is 5.69. The minimum Gasteiger partial charge on any atom is -0.352 e. The average molecular weight is 514 g/mol. The molecule has 3 aromatic rings. The molecular formula is C26H22ClF6NO. The van der Waals surface area contributed by atoms with Gasteiger partial charge >= 0.3 is 12.4 Å². The van der Waals surface area contributed by atoms with Crippen LogP contribution in [-0.2, 0) is 11.3 Å². The Kier molecular flexibility index (Phi) is 7.84. The summed E-state index contributed by atoms with van der Waals surface area (Å²) in [5.74, 6) is -3.05. The predicted molar refractivity (Wildman–Crippen MR) is 125 cm³/mol. The van der Waals surface area contributed by atoms with E-state index in [1.54, 1.807) is 50.2 Å². The van der Waals surface area contributed by atoms with Gasteiger partial charge in [-0.3, -0.25) is 4.79 Å². The topological polar surface area (TPSA) is 29.1 Å². The van der Waals surface area contributed by atoms with Crippen LogP contribution in [0.25, 0.3) is 16.8 Å². The Bertz CT molecular complexity index is 1240. The van der Waals surface area contributed by atoms with Crippen molar-refractivity contribution in [3.8, 4) is 0 Å². The van der Waals surface area contributed by atoms with Crippen molar-refractivity contribution in [1.29, 1.82) is 0 Å². The van der Waals surface area contributed by atoms with Crippen LogP contribution < -0.4 is 5.32 Å². The molecule has 1 unspecified atom stereocenters. The second-order valence-electron chi connectivity index (χ2n) is 8.25. The zero-order chi connectivity index (χ0) is 26.0. The van der Waals surface area contributed by atoms with Crippen LogP contribution in [0.2, 0.25) is 5.02 Å². The van der Waals surface area contributed by atoms with Crippen molar-refractivity contribution in [3.05, 3.63) is 87.4 Å². The Labute approximate surface area is 203 Å². The first-order chi connectivity index (χ1) is 16.3. The molecule has 186 valence electrons. The second-order valence-corrected chi connectivity index (χ2v) is 8.66. The number of hydrogen-bond acceptors (Lipinski definition) is 1. The van der Waals surface area contributed by atoms with Crippen LogP contribution in [0.4, 0.5) is 26.3 Å². The normalized spacial score (nSPS) is 13.4. The Morgan fingerprint density at radius 3 is 2.26 bits per heavy atom. The van der Waals surface area contributed by atoms with Crippen LogP contribution >= 0.6 is 11.6 Å². The standard InChI is InChI=1S/C26H22ClF6NO/c1-15-11-19(12-23(27)16(15)2)22(26(31,32)33)10-9-17-7-8-18(21-6-4-3-5-20(17)21)14-34-24(35)13-25(28,29)30/h3-12,22H,13-14H2,1-2H3,(H,34,35)/b10-9+. The number of halogens is 7. The maximum Gasteiger partial charge on any atom is 0.399 e. The molecule has 0 aromatic heterocycles. The van der Waals surface area contributed by atoms with Gasteiger partial charge in [-0.25, -0.2) is 0 Å². The smallest absolute Gasteiger partial charge is 0.352 e. The fourth-order valence-corrected chi connectivity index (χ4v) is 4.03. The van der Waals surface area contributed by atoms with Crippen LogP contribution in [-0.4, -0.2) is 18.3 Å². The summed E-state index contributed by atoms with van der Waals surface area (Å²) in [6, 6.07) is 12.7. The number of benzene rings is 3. The van der Waals surface area contributed by atoms with Crippen molar-refractivity contribution in [2.24, 2.45) is 0 Å². The van der Waals surface area contributed by atoms with Crippen molar-refractivity contribution in [2.75, 3.05) is 0 Å². The minimum atomic E-state index is -4.62. The molecule has 2 nitrogen and oxygen atoms in total. The van der Waals surface area contributed by atoms with Gasteiger partial charge in [-0.2, -0.15) is 26.3 Å². The zero-order valence-corrected chi connectivity index (χ0v) is 19.6. The number of aryl methyl sites for hydroxylation is 1. The SMILES string of the molecule is Cc1cc(C(/C=C/c2ccc(CNC(=O)CC(F)(F)F)c3ccccc23)C(F)(F)F)cc(Cl)c1C. The van der Waals surface area contributed by atoms with Crippen LogP contribution in [0.1, 0.15) is 40.2 Å². The Morgan fingerprint density at radius 1 is 1.00 bits per heavy atom. The highest BCUT2D eigenvalue weighted by Gasteiger charge is 2.39. The zero-order valence-electron chi connectivity index (χ0n) is 18.8. The number of hydrogen-bond donors (Lipinski definition) is 1. The molecule has 0 bridgehead atoms. The van der Waals surface area contributed by atoms with Gasteiger partial charge in [0, 0.05) is 11.6 Å². The van der Waals surface area contributed by atoms with E-state index in [2.05, 4.69) is 5.32 Å². The van der Waals surface area contributed by atoms with Gasteiger partial charge in [0.15, 0.2) is 0 Å². The first-order valence-electron chi connectivity index (χ1n) is 10.6. The van der Waals surface area contributed by atoms with E-state index in [1.165, 1.54) is 18.2 Å². The summed E-state index contributed by atoms with van der Waals surface area (Å²) < 4.78 is 79.0. The number of carbonyl (C=O) groups excluding carboxylic acids is 1. The molecule has 0 radical (unpaired) electrons. The van der Waals surface area contributed by atoms with E-state index in [1.807, 2.05) is 0 Å². The number of alkyl halides is 6. The average Bonchev–Trinajstić information content (AvgIpc) is 2.74. The summed E-state index contributed by atoms with van der Waals surface area (Å²) in [5, 5.41) is 3.70. The van der Waals surface area contributed by atoms with Gasteiger partial charge in [-0.1, -0.05) is 66.2 Å². The molecule has 0 aliphatic carbocycles. The number of carbonyl (C=O) groups is 1. The highest BCUT2D eigenvalue weighted by Crippen LogP contribution is 2.39. The summed E-state index contributed by atoms with van der Waals surface area (Å²) in [6.45, 7) is 3.28. The largest absolute Gasteiger partial charge is 0.399 e. The maximum absolute atomic E-state index is 13.9. The van der Waals surface area contributed by atoms with Crippen molar-refractivity contribution in [1.82, 2.24) is 5.32 Å². The van der Waals surface area contributed by atoms with E-state index < -0.39 is 30.6 Å². The second kappa shape index (κ2) is 10.3. The van der Waals surface area contributed by atoms with Gasteiger partial charge in [0.1, 0.15) is 6.42 Å². The fourth-order valence-electron chi connectivity index (χ4n) is 3.75. The van der Waals surface area contributed by atoms with E-state index in [4.69, 9.17) is 11.6 Å². The van der Waals surface area contributed by atoms with Crippen LogP contribution in [0.3, 0.4) is 0 Å². The van der Waals surface area contributed by atoms with Crippen molar-refractivity contribution in [3.63, 3.8) is 0 Å². The monoisotopic (exact) mass is 513 g/mol. The molecule has 9 heteroatoms. The van der Waals surface area contributed by atoms with Crippen LogP contribution in [0.5, 0.6) is 0 Å². The van der Waals surface area contributed by atoms with Gasteiger partial charge in [0.25, 0.3) is 0 Å². The molecule has 1 N–H and O–H groups in total. The van der Waals surface area contributed by atoms with Crippen molar-refractivity contribution < 1.29 is 31.1 Å². The third kappa shape index (κ3) is 6.78. The molecular weight excluding hydrogens is 492 g/mol. The predicted octanol–water partition coefficient (Wildman–Crippen LogP) is 8.04. The van der Waals surface area contributed by atoms with Gasteiger partial charge in [0.05, 0.1) is 5.92 Å². The lowest BCUT2D eigenvalue weighted by molar-refractivity contribution is -0.153. The molecule has 0 fully saturated rings. The Hall–Kier alpha value is -3.00. The van der Waals surface area contributed by atoms with Crippen molar-refractivity contribution in [2.45, 2.75) is 45.1 Å². The highest BCUT2D eigenvalue weighted by molar-refractivity contribution is 6.31. The summed E-state index contributed by atoms with van der Waals surface area (Å²) >= 11 is 6.13.